The molecule has 0 fully saturated rings. The number of benzene rings is 6. The van der Waals surface area contributed by atoms with Crippen LogP contribution in [0.25, 0.3) is 0 Å². The molecule has 0 saturated carbocycles. The summed E-state index contributed by atoms with van der Waals surface area (Å²) < 4.78 is 54.8. The first-order valence-corrected chi connectivity index (χ1v) is 21.3. The molecule has 0 atom stereocenters. The van der Waals surface area contributed by atoms with Gasteiger partial charge in [-0.05, 0) is 121 Å². The van der Waals surface area contributed by atoms with E-state index in [-0.39, 0.29) is 20.9 Å². The Hall–Kier alpha value is -7.30. The number of carboxylic acids is 2. The number of carbonyl (C=O) groups is 4. The van der Waals surface area contributed by atoms with Crippen molar-refractivity contribution in [2.24, 2.45) is 0 Å². The third kappa shape index (κ3) is 8.60. The Balaban J connectivity index is 0.000000181. The Bertz CT molecular complexity index is 2640. The van der Waals surface area contributed by atoms with E-state index >= 15 is 0 Å². The molecule has 0 radical (unpaired) electrons. The molecule has 8 rings (SSSR count). The molecule has 0 bridgehead atoms. The van der Waals surface area contributed by atoms with Gasteiger partial charge < -0.3 is 20.8 Å². The molecular weight excluding hydrogens is 809 g/mol. The van der Waals surface area contributed by atoms with Gasteiger partial charge in [0.2, 0.25) is 0 Å². The van der Waals surface area contributed by atoms with Crippen LogP contribution in [0.2, 0.25) is 0 Å². The molecule has 60 heavy (non-hydrogen) atoms. The predicted molar refractivity (Wildman–Crippen MR) is 225 cm³/mol. The second-order valence-electron chi connectivity index (χ2n) is 13.6. The lowest BCUT2D eigenvalue weighted by Gasteiger charge is -2.20. The second kappa shape index (κ2) is 16.9. The summed E-state index contributed by atoms with van der Waals surface area (Å²) in [6.45, 7) is 0.628. The average Bonchev–Trinajstić information content (AvgIpc) is 3.90. The maximum Gasteiger partial charge on any atom is 0.335 e. The molecule has 0 spiro atoms. The maximum absolute atomic E-state index is 13.0. The lowest BCUT2D eigenvalue weighted by Crippen LogP contribution is -2.29. The maximum atomic E-state index is 13.0. The SMILES string of the molecule is O=C(O)c1ccc(NC(=O)c2ccc3c(c2)N(S(=O)(=O)c2ccccc2)CC3)cc1.O=C(O)c1ccc(NC(=O)c2ccc3c(c2)N(S(=O)(=O)c2ccccc2)CC3)cc1. The van der Waals surface area contributed by atoms with Gasteiger partial charge in [0, 0.05) is 35.6 Å². The summed E-state index contributed by atoms with van der Waals surface area (Å²) in [7, 11) is -7.44. The third-order valence-electron chi connectivity index (χ3n) is 9.84. The quantitative estimate of drug-likeness (QED) is 0.114. The summed E-state index contributed by atoms with van der Waals surface area (Å²) in [6, 6.07) is 37.9. The fraction of sp³-hybridized carbons (Fsp3) is 0.0909. The van der Waals surface area contributed by atoms with Gasteiger partial charge in [0.1, 0.15) is 0 Å². The van der Waals surface area contributed by atoms with Crippen LogP contribution >= 0.6 is 0 Å². The molecule has 304 valence electrons. The monoisotopic (exact) mass is 844 g/mol. The summed E-state index contributed by atoms with van der Waals surface area (Å²) >= 11 is 0. The van der Waals surface area contributed by atoms with Gasteiger partial charge in [0.25, 0.3) is 31.9 Å². The molecule has 2 amide bonds. The van der Waals surface area contributed by atoms with E-state index < -0.39 is 43.8 Å². The first kappa shape index (κ1) is 40.9. The first-order valence-electron chi connectivity index (χ1n) is 18.4. The van der Waals surface area contributed by atoms with E-state index in [1.165, 1.54) is 57.1 Å². The van der Waals surface area contributed by atoms with Crippen molar-refractivity contribution < 1.29 is 46.2 Å². The predicted octanol–water partition coefficient (Wildman–Crippen LogP) is 6.78. The van der Waals surface area contributed by atoms with E-state index in [2.05, 4.69) is 10.6 Å². The Morgan fingerprint density at radius 3 is 1.12 bits per heavy atom. The van der Waals surface area contributed by atoms with Crippen molar-refractivity contribution in [3.8, 4) is 0 Å². The van der Waals surface area contributed by atoms with Crippen LogP contribution in [0, 0.1) is 0 Å². The third-order valence-corrected chi connectivity index (χ3v) is 13.5. The normalized spacial score (nSPS) is 13.0. The van der Waals surface area contributed by atoms with E-state index in [0.29, 0.717) is 59.8 Å². The minimum absolute atomic E-state index is 0.118. The minimum Gasteiger partial charge on any atom is -0.478 e. The number of rotatable bonds is 10. The van der Waals surface area contributed by atoms with Crippen LogP contribution in [-0.2, 0) is 32.9 Å². The average molecular weight is 845 g/mol. The molecular formula is C44H36N4O10S2. The largest absolute Gasteiger partial charge is 0.478 e. The number of hydrogen-bond acceptors (Lipinski definition) is 8. The molecule has 0 unspecified atom stereocenters. The topological polar surface area (TPSA) is 208 Å². The molecule has 6 aromatic carbocycles. The van der Waals surface area contributed by atoms with E-state index in [1.807, 2.05) is 0 Å². The first-order chi connectivity index (χ1) is 28.7. The number of carboxylic acid groups (broad SMARTS) is 2. The Morgan fingerprint density at radius 2 is 0.783 bits per heavy atom. The van der Waals surface area contributed by atoms with Crippen LogP contribution < -0.4 is 19.2 Å². The molecule has 6 aromatic rings. The van der Waals surface area contributed by atoms with Crippen LogP contribution in [0.5, 0.6) is 0 Å². The molecule has 0 saturated heterocycles. The van der Waals surface area contributed by atoms with Gasteiger partial charge in [0.15, 0.2) is 0 Å². The molecule has 2 heterocycles. The fourth-order valence-electron chi connectivity index (χ4n) is 6.72. The molecule has 2 aliphatic rings. The van der Waals surface area contributed by atoms with Gasteiger partial charge in [-0.3, -0.25) is 18.2 Å². The number of nitrogens with one attached hydrogen (secondary N) is 2. The number of anilines is 4. The van der Waals surface area contributed by atoms with Gasteiger partial charge in [0.05, 0.1) is 32.3 Å². The van der Waals surface area contributed by atoms with Crippen molar-refractivity contribution in [1.29, 1.82) is 0 Å². The van der Waals surface area contributed by atoms with Gasteiger partial charge >= 0.3 is 11.9 Å². The lowest BCUT2D eigenvalue weighted by atomic mass is 10.1. The van der Waals surface area contributed by atoms with Crippen molar-refractivity contribution in [3.63, 3.8) is 0 Å². The Kier molecular flexibility index (Phi) is 11.5. The van der Waals surface area contributed by atoms with Crippen LogP contribution in [0.15, 0.2) is 155 Å². The summed E-state index contributed by atoms with van der Waals surface area (Å²) in [4.78, 5) is 47.6. The number of fused-ring (bicyclic) bond motifs is 2. The van der Waals surface area contributed by atoms with E-state index in [9.17, 15) is 36.0 Å². The molecule has 0 aliphatic carbocycles. The highest BCUT2D eigenvalue weighted by atomic mass is 32.2. The van der Waals surface area contributed by atoms with E-state index in [0.717, 1.165) is 11.1 Å². The number of carbonyl (C=O) groups excluding carboxylic acids is 2. The number of hydrogen-bond donors (Lipinski definition) is 4. The van der Waals surface area contributed by atoms with Crippen LogP contribution in [0.4, 0.5) is 22.7 Å². The smallest absolute Gasteiger partial charge is 0.335 e. The summed E-state index contributed by atoms with van der Waals surface area (Å²) in [5.41, 5.74) is 4.45. The zero-order valence-corrected chi connectivity index (χ0v) is 33.2. The number of aromatic carboxylic acids is 2. The van der Waals surface area contributed by atoms with Crippen LogP contribution in [-0.4, -0.2) is 63.9 Å². The number of amides is 2. The summed E-state index contributed by atoms with van der Waals surface area (Å²) in [5.74, 6) is -2.92. The van der Waals surface area contributed by atoms with Crippen molar-refractivity contribution in [1.82, 2.24) is 0 Å². The summed E-state index contributed by atoms with van der Waals surface area (Å²) in [5, 5.41) is 23.3. The van der Waals surface area contributed by atoms with E-state index in [1.54, 1.807) is 97.1 Å². The highest BCUT2D eigenvalue weighted by Gasteiger charge is 2.33. The van der Waals surface area contributed by atoms with Crippen molar-refractivity contribution in [3.05, 3.63) is 179 Å². The molecule has 4 N–H and O–H groups in total. The zero-order chi connectivity index (χ0) is 42.6. The van der Waals surface area contributed by atoms with E-state index in [4.69, 9.17) is 10.2 Å². The Morgan fingerprint density at radius 1 is 0.450 bits per heavy atom. The second-order valence-corrected chi connectivity index (χ2v) is 17.4. The van der Waals surface area contributed by atoms with Crippen LogP contribution in [0.1, 0.15) is 52.6 Å². The number of nitrogens with zero attached hydrogens (tertiary/aromatic N) is 2. The van der Waals surface area contributed by atoms with Gasteiger partial charge in [-0.1, -0.05) is 48.5 Å². The minimum atomic E-state index is -3.72. The lowest BCUT2D eigenvalue weighted by molar-refractivity contribution is 0.0686. The van der Waals surface area contributed by atoms with Gasteiger partial charge in [-0.25, -0.2) is 26.4 Å². The van der Waals surface area contributed by atoms with Gasteiger partial charge in [-0.2, -0.15) is 0 Å². The highest BCUT2D eigenvalue weighted by molar-refractivity contribution is 7.93. The Labute approximate surface area is 345 Å². The number of sulfonamides is 2. The van der Waals surface area contributed by atoms with Crippen LogP contribution in [0.3, 0.4) is 0 Å². The fourth-order valence-corrected chi connectivity index (χ4v) is 9.75. The molecule has 16 heteroatoms. The van der Waals surface area contributed by atoms with Crippen molar-refractivity contribution in [2.75, 3.05) is 32.3 Å². The standard InChI is InChI=1S/2C22H18N2O5S/c2*25-21(23-18-10-8-16(9-11-18)22(26)27)17-7-6-15-12-13-24(20(15)14-17)30(28,29)19-4-2-1-3-5-19/h2*1-11,14H,12-13H2,(H,23,25)(H,26,27). The van der Waals surface area contributed by atoms with Crippen molar-refractivity contribution >= 4 is 66.5 Å². The summed E-state index contributed by atoms with van der Waals surface area (Å²) in [6.07, 6.45) is 1.14. The molecule has 2 aliphatic heterocycles. The zero-order valence-electron chi connectivity index (χ0n) is 31.6. The van der Waals surface area contributed by atoms with Crippen molar-refractivity contribution in [2.45, 2.75) is 22.6 Å². The molecule has 14 nitrogen and oxygen atoms in total. The molecule has 0 aromatic heterocycles. The highest BCUT2D eigenvalue weighted by Crippen LogP contribution is 2.35. The van der Waals surface area contributed by atoms with Gasteiger partial charge in [-0.15, -0.1) is 0 Å².